The number of hydrogen-bond donors (Lipinski definition) is 1. The van der Waals surface area contributed by atoms with Crippen LogP contribution in [0, 0.1) is 11.3 Å². The van der Waals surface area contributed by atoms with Crippen LogP contribution in [0.15, 0.2) is 60.7 Å². The number of pyridine rings is 2. The fourth-order valence-corrected chi connectivity index (χ4v) is 4.96. The summed E-state index contributed by atoms with van der Waals surface area (Å²) in [4.78, 5) is 8.56. The van der Waals surface area contributed by atoms with Gasteiger partial charge in [-0.25, -0.2) is 4.68 Å². The van der Waals surface area contributed by atoms with E-state index in [-0.39, 0.29) is 5.41 Å². The zero-order chi connectivity index (χ0) is 19.1. The van der Waals surface area contributed by atoms with Crippen LogP contribution in [-0.2, 0) is 6.42 Å². The van der Waals surface area contributed by atoms with Crippen LogP contribution < -0.4 is 0 Å². The second kappa shape index (κ2) is 6.67. The summed E-state index contributed by atoms with van der Waals surface area (Å²) in [6.07, 6.45) is 13.1. The third kappa shape index (κ3) is 2.78. The summed E-state index contributed by atoms with van der Waals surface area (Å²) < 4.78 is 1.99. The monoisotopic (exact) mass is 372 g/mol. The van der Waals surface area contributed by atoms with Crippen LogP contribution in [0.25, 0.3) is 11.8 Å². The number of rotatable bonds is 4. The van der Waals surface area contributed by atoms with Crippen LogP contribution in [0.4, 0.5) is 0 Å². The first-order valence-electron chi connectivity index (χ1n) is 9.92. The SMILES string of the molecule is C[C@]12Cc3cnn(-c4cccnc4)c3C=C1CC[C@@H]2CC(O)c1ccccn1. The molecule has 2 aliphatic rings. The summed E-state index contributed by atoms with van der Waals surface area (Å²) in [5.41, 5.74) is 5.75. The van der Waals surface area contributed by atoms with Crippen molar-refractivity contribution in [1.82, 2.24) is 19.7 Å². The maximum atomic E-state index is 10.7. The average molecular weight is 372 g/mol. The molecule has 142 valence electrons. The van der Waals surface area contributed by atoms with Crippen molar-refractivity contribution in [1.29, 1.82) is 0 Å². The summed E-state index contributed by atoms with van der Waals surface area (Å²) in [6, 6.07) is 9.71. The third-order valence-corrected chi connectivity index (χ3v) is 6.58. The van der Waals surface area contributed by atoms with E-state index in [0.717, 1.165) is 37.1 Å². The van der Waals surface area contributed by atoms with Gasteiger partial charge < -0.3 is 5.11 Å². The molecule has 3 aromatic heterocycles. The van der Waals surface area contributed by atoms with Crippen molar-refractivity contribution in [2.24, 2.45) is 11.3 Å². The molecule has 0 aromatic carbocycles. The number of allylic oxidation sites excluding steroid dienone is 1. The van der Waals surface area contributed by atoms with Crippen molar-refractivity contribution < 1.29 is 5.11 Å². The molecule has 3 heterocycles. The smallest absolute Gasteiger partial charge is 0.0962 e. The summed E-state index contributed by atoms with van der Waals surface area (Å²) in [7, 11) is 0. The van der Waals surface area contributed by atoms with Crippen LogP contribution in [0.3, 0.4) is 0 Å². The fraction of sp³-hybridized carbons (Fsp3) is 0.348. The zero-order valence-electron chi connectivity index (χ0n) is 16.0. The minimum atomic E-state index is -0.512. The quantitative estimate of drug-likeness (QED) is 0.747. The van der Waals surface area contributed by atoms with Crippen LogP contribution in [0.5, 0.6) is 0 Å². The number of fused-ring (bicyclic) bond motifs is 2. The normalized spacial score (nSPS) is 24.4. The van der Waals surface area contributed by atoms with Crippen molar-refractivity contribution >= 4 is 6.08 Å². The highest BCUT2D eigenvalue weighted by atomic mass is 16.3. The van der Waals surface area contributed by atoms with Crippen LogP contribution in [-0.4, -0.2) is 24.9 Å². The predicted octanol–water partition coefficient (Wildman–Crippen LogP) is 4.14. The molecule has 5 heteroatoms. The second-order valence-corrected chi connectivity index (χ2v) is 8.18. The van der Waals surface area contributed by atoms with E-state index in [9.17, 15) is 5.11 Å². The number of nitrogens with zero attached hydrogens (tertiary/aromatic N) is 4. The Bertz CT molecular complexity index is 1010. The molecule has 1 saturated carbocycles. The molecule has 0 bridgehead atoms. The van der Waals surface area contributed by atoms with E-state index in [1.807, 2.05) is 47.4 Å². The molecular weight excluding hydrogens is 348 g/mol. The molecule has 3 atom stereocenters. The largest absolute Gasteiger partial charge is 0.387 e. The summed E-state index contributed by atoms with van der Waals surface area (Å²) >= 11 is 0. The molecule has 2 aliphatic carbocycles. The van der Waals surface area contributed by atoms with E-state index in [1.165, 1.54) is 16.8 Å². The third-order valence-electron chi connectivity index (χ3n) is 6.58. The highest BCUT2D eigenvalue weighted by molar-refractivity contribution is 5.61. The van der Waals surface area contributed by atoms with Crippen molar-refractivity contribution in [2.75, 3.05) is 0 Å². The predicted molar refractivity (Wildman–Crippen MR) is 108 cm³/mol. The van der Waals surface area contributed by atoms with Crippen molar-refractivity contribution in [3.8, 4) is 5.69 Å². The van der Waals surface area contributed by atoms with E-state index in [1.54, 1.807) is 12.4 Å². The Hall–Kier alpha value is -2.79. The second-order valence-electron chi connectivity index (χ2n) is 8.18. The molecule has 0 radical (unpaired) electrons. The molecule has 1 fully saturated rings. The minimum absolute atomic E-state index is 0.0750. The van der Waals surface area contributed by atoms with Crippen molar-refractivity contribution in [3.63, 3.8) is 0 Å². The van der Waals surface area contributed by atoms with Crippen molar-refractivity contribution in [2.45, 2.75) is 38.7 Å². The van der Waals surface area contributed by atoms with Gasteiger partial charge >= 0.3 is 0 Å². The highest BCUT2D eigenvalue weighted by Gasteiger charge is 2.46. The minimum Gasteiger partial charge on any atom is -0.387 e. The van der Waals surface area contributed by atoms with Gasteiger partial charge in [-0.05, 0) is 72.9 Å². The summed E-state index contributed by atoms with van der Waals surface area (Å²) in [6.45, 7) is 2.35. The molecule has 0 saturated heterocycles. The Morgan fingerprint density at radius 1 is 1.21 bits per heavy atom. The molecule has 1 unspecified atom stereocenters. The summed E-state index contributed by atoms with van der Waals surface area (Å²) in [5, 5.41) is 15.4. The van der Waals surface area contributed by atoms with Gasteiger partial charge in [0.1, 0.15) is 0 Å². The Kier molecular flexibility index (Phi) is 4.13. The Morgan fingerprint density at radius 3 is 2.93 bits per heavy atom. The lowest BCUT2D eigenvalue weighted by molar-refractivity contribution is 0.109. The average Bonchev–Trinajstić information content (AvgIpc) is 3.27. The van der Waals surface area contributed by atoms with Crippen LogP contribution >= 0.6 is 0 Å². The van der Waals surface area contributed by atoms with Gasteiger partial charge in [0.25, 0.3) is 0 Å². The van der Waals surface area contributed by atoms with Gasteiger partial charge in [0.2, 0.25) is 0 Å². The molecule has 5 nitrogen and oxygen atoms in total. The van der Waals surface area contributed by atoms with Gasteiger partial charge in [-0.2, -0.15) is 5.10 Å². The lowest BCUT2D eigenvalue weighted by atomic mass is 9.68. The Balaban J connectivity index is 1.43. The highest BCUT2D eigenvalue weighted by Crippen LogP contribution is 2.55. The molecule has 0 aliphatic heterocycles. The maximum absolute atomic E-state index is 10.7. The molecule has 0 spiro atoms. The Morgan fingerprint density at radius 2 is 2.14 bits per heavy atom. The fourth-order valence-electron chi connectivity index (χ4n) is 4.96. The Labute approximate surface area is 164 Å². The van der Waals surface area contributed by atoms with Gasteiger partial charge in [0.05, 0.1) is 35.6 Å². The number of aliphatic hydroxyl groups excluding tert-OH is 1. The first-order chi connectivity index (χ1) is 13.6. The van der Waals surface area contributed by atoms with Gasteiger partial charge in [-0.3, -0.25) is 9.97 Å². The lowest BCUT2D eigenvalue weighted by Crippen LogP contribution is -2.30. The molecule has 3 aromatic rings. The lowest BCUT2D eigenvalue weighted by Gasteiger charge is -2.36. The topological polar surface area (TPSA) is 63.8 Å². The first-order valence-corrected chi connectivity index (χ1v) is 9.92. The number of hydrogen-bond acceptors (Lipinski definition) is 4. The summed E-state index contributed by atoms with van der Waals surface area (Å²) in [5.74, 6) is 0.436. The van der Waals surface area contributed by atoms with E-state index >= 15 is 0 Å². The molecule has 5 rings (SSSR count). The molecule has 0 amide bonds. The number of aliphatic hydroxyl groups is 1. The van der Waals surface area contributed by atoms with Gasteiger partial charge in [0, 0.05) is 12.4 Å². The molecule has 1 N–H and O–H groups in total. The molecular formula is C23H24N4O. The number of aromatic nitrogens is 4. The van der Waals surface area contributed by atoms with E-state index in [4.69, 9.17) is 0 Å². The van der Waals surface area contributed by atoms with Gasteiger partial charge in [-0.1, -0.05) is 18.6 Å². The van der Waals surface area contributed by atoms with E-state index in [2.05, 4.69) is 28.1 Å². The first kappa shape index (κ1) is 17.3. The van der Waals surface area contributed by atoms with E-state index < -0.39 is 6.10 Å². The maximum Gasteiger partial charge on any atom is 0.0962 e. The molecule has 28 heavy (non-hydrogen) atoms. The van der Waals surface area contributed by atoms with Crippen molar-refractivity contribution in [3.05, 3.63) is 77.6 Å². The van der Waals surface area contributed by atoms with Gasteiger partial charge in [-0.15, -0.1) is 0 Å². The standard InChI is InChI=1S/C23H24N4O/c1-23-13-16-14-26-27(19-5-4-9-24-15-19)21(16)11-17(23)7-8-18(23)12-22(28)20-6-2-3-10-25-20/h2-6,9-11,14-15,18,22,28H,7-8,12-13H2,1H3/t18-,22?,23+/m1/s1. The van der Waals surface area contributed by atoms with Crippen LogP contribution in [0.2, 0.25) is 0 Å². The van der Waals surface area contributed by atoms with Crippen LogP contribution in [0.1, 0.15) is 49.2 Å². The zero-order valence-corrected chi connectivity index (χ0v) is 16.0. The van der Waals surface area contributed by atoms with E-state index in [0.29, 0.717) is 5.92 Å². The van der Waals surface area contributed by atoms with Gasteiger partial charge in [0.15, 0.2) is 0 Å².